The van der Waals surface area contributed by atoms with Crippen molar-refractivity contribution in [2.75, 3.05) is 19.8 Å². The van der Waals surface area contributed by atoms with Gasteiger partial charge in [-0.05, 0) is 32.2 Å². The molecule has 27 heavy (non-hydrogen) atoms. The van der Waals surface area contributed by atoms with E-state index in [2.05, 4.69) is 51.1 Å². The van der Waals surface area contributed by atoms with E-state index in [9.17, 15) is 0 Å². The molecule has 2 N–H and O–H groups in total. The third kappa shape index (κ3) is 8.33. The molecule has 0 aliphatic carbocycles. The van der Waals surface area contributed by atoms with Gasteiger partial charge in [-0.1, -0.05) is 89.6 Å². The topological polar surface area (TPSA) is 44.5 Å². The Morgan fingerprint density at radius 2 is 1.37 bits per heavy atom. The zero-order valence-electron chi connectivity index (χ0n) is 18.1. The van der Waals surface area contributed by atoms with Gasteiger partial charge in [0.1, 0.15) is 0 Å². The van der Waals surface area contributed by atoms with Gasteiger partial charge < -0.3 is 15.2 Å². The number of unbranched alkanes of at least 4 members (excludes halogenated alkanes) is 5. The van der Waals surface area contributed by atoms with E-state index in [1.807, 2.05) is 0 Å². The molecule has 0 bridgehead atoms. The summed E-state index contributed by atoms with van der Waals surface area (Å²) in [6.45, 7) is 8.65. The van der Waals surface area contributed by atoms with Crippen LogP contribution in [0.1, 0.15) is 90.5 Å². The summed E-state index contributed by atoms with van der Waals surface area (Å²) in [5.41, 5.74) is 7.16. The maximum atomic E-state index is 6.50. The van der Waals surface area contributed by atoms with Crippen LogP contribution in [0.15, 0.2) is 30.3 Å². The molecule has 0 fully saturated rings. The lowest BCUT2D eigenvalue weighted by Crippen LogP contribution is -2.42. The minimum atomic E-state index is -0.671. The van der Waals surface area contributed by atoms with Crippen LogP contribution in [0.2, 0.25) is 0 Å². The second kappa shape index (κ2) is 15.1. The summed E-state index contributed by atoms with van der Waals surface area (Å²) in [5.74, 6) is -0.384. The SMILES string of the molecule is CCCCCCCCC(CCN)C(OCCC)(OCCC)c1ccccc1. The fourth-order valence-electron chi connectivity index (χ4n) is 3.75. The van der Waals surface area contributed by atoms with Crippen LogP contribution in [0, 0.1) is 5.92 Å². The molecule has 3 heteroatoms. The molecule has 156 valence electrons. The van der Waals surface area contributed by atoms with Crippen LogP contribution in [0.5, 0.6) is 0 Å². The van der Waals surface area contributed by atoms with Crippen LogP contribution in [0.25, 0.3) is 0 Å². The van der Waals surface area contributed by atoms with Gasteiger partial charge in [0.25, 0.3) is 0 Å². The van der Waals surface area contributed by atoms with Gasteiger partial charge in [0.05, 0.1) is 13.2 Å². The van der Waals surface area contributed by atoms with E-state index in [1.165, 1.54) is 38.5 Å². The van der Waals surface area contributed by atoms with Crippen molar-refractivity contribution < 1.29 is 9.47 Å². The molecule has 0 aliphatic heterocycles. The predicted molar refractivity (Wildman–Crippen MR) is 116 cm³/mol. The molecule has 0 spiro atoms. The van der Waals surface area contributed by atoms with Crippen molar-refractivity contribution >= 4 is 0 Å². The van der Waals surface area contributed by atoms with Gasteiger partial charge in [0.15, 0.2) is 5.79 Å². The molecular weight excluding hydrogens is 334 g/mol. The van der Waals surface area contributed by atoms with Gasteiger partial charge in [0, 0.05) is 11.5 Å². The Labute approximate surface area is 168 Å². The number of rotatable bonds is 17. The van der Waals surface area contributed by atoms with E-state index in [-0.39, 0.29) is 5.92 Å². The number of hydrogen-bond acceptors (Lipinski definition) is 3. The Bertz CT molecular complexity index is 441. The lowest BCUT2D eigenvalue weighted by Gasteiger charge is -2.41. The van der Waals surface area contributed by atoms with Gasteiger partial charge in [-0.15, -0.1) is 0 Å². The van der Waals surface area contributed by atoms with Gasteiger partial charge in [-0.2, -0.15) is 0 Å². The van der Waals surface area contributed by atoms with E-state index >= 15 is 0 Å². The first kappa shape index (κ1) is 24.1. The molecule has 0 aromatic heterocycles. The highest BCUT2D eigenvalue weighted by atomic mass is 16.7. The minimum absolute atomic E-state index is 0.286. The average molecular weight is 378 g/mol. The second-order valence-electron chi connectivity index (χ2n) is 7.56. The molecule has 0 saturated heterocycles. The van der Waals surface area contributed by atoms with E-state index in [0.717, 1.165) is 31.2 Å². The van der Waals surface area contributed by atoms with E-state index in [0.29, 0.717) is 19.8 Å². The van der Waals surface area contributed by atoms with Crippen molar-refractivity contribution in [3.8, 4) is 0 Å². The third-order valence-corrected chi connectivity index (χ3v) is 5.18. The highest BCUT2D eigenvalue weighted by Crippen LogP contribution is 2.40. The molecule has 1 aromatic rings. The summed E-state index contributed by atoms with van der Waals surface area (Å²) in [6, 6.07) is 10.5. The van der Waals surface area contributed by atoms with Crippen molar-refractivity contribution in [3.05, 3.63) is 35.9 Å². The molecule has 0 amide bonds. The summed E-state index contributed by atoms with van der Waals surface area (Å²) >= 11 is 0. The maximum Gasteiger partial charge on any atom is 0.197 e. The fourth-order valence-corrected chi connectivity index (χ4v) is 3.75. The standard InChI is InChI=1S/C24H43NO2/c1-4-7-8-9-10-12-17-23(18-19-25)24(26-20-5-2,27-21-6-3)22-15-13-11-14-16-22/h11,13-16,23H,4-10,12,17-21,25H2,1-3H3. The van der Waals surface area contributed by atoms with Crippen LogP contribution in [0.4, 0.5) is 0 Å². The Morgan fingerprint density at radius 1 is 0.778 bits per heavy atom. The van der Waals surface area contributed by atoms with Gasteiger partial charge >= 0.3 is 0 Å². The zero-order valence-corrected chi connectivity index (χ0v) is 18.1. The molecule has 0 heterocycles. The fraction of sp³-hybridized carbons (Fsp3) is 0.750. The molecule has 1 unspecified atom stereocenters. The lowest BCUT2D eigenvalue weighted by molar-refractivity contribution is -0.280. The maximum absolute atomic E-state index is 6.50. The second-order valence-corrected chi connectivity index (χ2v) is 7.56. The normalized spacial score (nSPS) is 13.0. The smallest absolute Gasteiger partial charge is 0.197 e. The molecule has 1 aromatic carbocycles. The van der Waals surface area contributed by atoms with Crippen LogP contribution in [0.3, 0.4) is 0 Å². The highest BCUT2D eigenvalue weighted by Gasteiger charge is 2.41. The molecule has 1 atom stereocenters. The molecule has 0 radical (unpaired) electrons. The first-order chi connectivity index (χ1) is 13.2. The molecule has 0 aliphatic rings. The summed E-state index contributed by atoms with van der Waals surface area (Å²) in [5, 5.41) is 0. The first-order valence-corrected chi connectivity index (χ1v) is 11.3. The third-order valence-electron chi connectivity index (χ3n) is 5.18. The number of ether oxygens (including phenoxy) is 2. The molecule has 0 saturated carbocycles. The monoisotopic (exact) mass is 377 g/mol. The highest BCUT2D eigenvalue weighted by molar-refractivity contribution is 5.21. The van der Waals surface area contributed by atoms with Crippen LogP contribution in [-0.2, 0) is 15.3 Å². The Morgan fingerprint density at radius 3 is 1.93 bits per heavy atom. The average Bonchev–Trinajstić information content (AvgIpc) is 2.71. The molecular formula is C24H43NO2. The van der Waals surface area contributed by atoms with Crippen LogP contribution < -0.4 is 5.73 Å². The summed E-state index contributed by atoms with van der Waals surface area (Å²) < 4.78 is 13.0. The largest absolute Gasteiger partial charge is 0.346 e. The van der Waals surface area contributed by atoms with Crippen molar-refractivity contribution in [1.29, 1.82) is 0 Å². The zero-order chi connectivity index (χ0) is 19.8. The van der Waals surface area contributed by atoms with E-state index in [4.69, 9.17) is 15.2 Å². The number of hydrogen-bond donors (Lipinski definition) is 1. The minimum Gasteiger partial charge on any atom is -0.346 e. The first-order valence-electron chi connectivity index (χ1n) is 11.3. The van der Waals surface area contributed by atoms with Gasteiger partial charge in [0.2, 0.25) is 0 Å². The number of benzene rings is 1. The van der Waals surface area contributed by atoms with Gasteiger partial charge in [-0.3, -0.25) is 0 Å². The summed E-state index contributed by atoms with van der Waals surface area (Å²) in [6.07, 6.45) is 11.8. The van der Waals surface area contributed by atoms with E-state index in [1.54, 1.807) is 0 Å². The summed E-state index contributed by atoms with van der Waals surface area (Å²) in [7, 11) is 0. The van der Waals surface area contributed by atoms with Crippen LogP contribution in [-0.4, -0.2) is 19.8 Å². The van der Waals surface area contributed by atoms with Crippen molar-refractivity contribution in [1.82, 2.24) is 0 Å². The van der Waals surface area contributed by atoms with Crippen LogP contribution >= 0.6 is 0 Å². The molecule has 3 nitrogen and oxygen atoms in total. The summed E-state index contributed by atoms with van der Waals surface area (Å²) in [4.78, 5) is 0. The lowest BCUT2D eigenvalue weighted by atomic mass is 9.84. The van der Waals surface area contributed by atoms with Gasteiger partial charge in [-0.25, -0.2) is 0 Å². The Hall–Kier alpha value is -0.900. The van der Waals surface area contributed by atoms with Crippen molar-refractivity contribution in [3.63, 3.8) is 0 Å². The molecule has 1 rings (SSSR count). The predicted octanol–water partition coefficient (Wildman–Crippen LogP) is 6.41. The van der Waals surface area contributed by atoms with Crippen molar-refractivity contribution in [2.24, 2.45) is 11.7 Å². The van der Waals surface area contributed by atoms with E-state index < -0.39 is 5.79 Å². The van der Waals surface area contributed by atoms with Crippen molar-refractivity contribution in [2.45, 2.75) is 90.8 Å². The number of nitrogens with two attached hydrogens (primary N) is 1. The Balaban J connectivity index is 2.97. The Kier molecular flexibility index (Phi) is 13.5. The quantitative estimate of drug-likeness (QED) is 0.252.